The standard InChI is InChI=1S/C14H22N2O5/c1-3-7-21-14-10-12(9-13(11-14)16(18)19)15(4-6-17)5-8-20-2/h9-11,17H,3-8H2,1-2H3. The second kappa shape index (κ2) is 9.15. The van der Waals surface area contributed by atoms with Gasteiger partial charge in [0.1, 0.15) is 5.75 Å². The van der Waals surface area contributed by atoms with Crippen LogP contribution in [0, 0.1) is 10.1 Å². The van der Waals surface area contributed by atoms with E-state index in [4.69, 9.17) is 14.6 Å². The van der Waals surface area contributed by atoms with Crippen molar-refractivity contribution in [3.05, 3.63) is 28.3 Å². The Balaban J connectivity index is 3.05. The number of ether oxygens (including phenoxy) is 2. The van der Waals surface area contributed by atoms with Gasteiger partial charge in [0.15, 0.2) is 0 Å². The lowest BCUT2D eigenvalue weighted by atomic mass is 10.2. The summed E-state index contributed by atoms with van der Waals surface area (Å²) >= 11 is 0. The third-order valence-corrected chi connectivity index (χ3v) is 2.86. The Morgan fingerprint density at radius 3 is 2.62 bits per heavy atom. The van der Waals surface area contributed by atoms with E-state index >= 15 is 0 Å². The smallest absolute Gasteiger partial charge is 0.275 e. The zero-order valence-electron chi connectivity index (χ0n) is 12.4. The first-order chi connectivity index (χ1) is 10.1. The molecule has 0 spiro atoms. The van der Waals surface area contributed by atoms with Gasteiger partial charge in [-0.3, -0.25) is 10.1 Å². The first-order valence-corrected chi connectivity index (χ1v) is 6.89. The highest BCUT2D eigenvalue weighted by Crippen LogP contribution is 2.28. The van der Waals surface area contributed by atoms with Crippen LogP contribution in [-0.4, -0.2) is 50.0 Å². The van der Waals surface area contributed by atoms with Gasteiger partial charge in [-0.25, -0.2) is 0 Å². The number of hydrogen-bond donors (Lipinski definition) is 1. The monoisotopic (exact) mass is 298 g/mol. The quantitative estimate of drug-likeness (QED) is 0.524. The van der Waals surface area contributed by atoms with Crippen LogP contribution in [0.15, 0.2) is 18.2 Å². The van der Waals surface area contributed by atoms with Crippen molar-refractivity contribution in [1.82, 2.24) is 0 Å². The third-order valence-electron chi connectivity index (χ3n) is 2.86. The molecule has 0 atom stereocenters. The van der Waals surface area contributed by atoms with Crippen molar-refractivity contribution in [1.29, 1.82) is 0 Å². The summed E-state index contributed by atoms with van der Waals surface area (Å²) in [6.45, 7) is 3.79. The van der Waals surface area contributed by atoms with Gasteiger partial charge in [0.25, 0.3) is 5.69 Å². The highest BCUT2D eigenvalue weighted by molar-refractivity contribution is 5.58. The lowest BCUT2D eigenvalue weighted by molar-refractivity contribution is -0.384. The van der Waals surface area contributed by atoms with E-state index in [1.165, 1.54) is 12.1 Å². The van der Waals surface area contributed by atoms with Crippen LogP contribution in [0.25, 0.3) is 0 Å². The Morgan fingerprint density at radius 1 is 1.29 bits per heavy atom. The van der Waals surface area contributed by atoms with E-state index in [0.29, 0.717) is 37.7 Å². The fourth-order valence-corrected chi connectivity index (χ4v) is 1.85. The molecule has 7 nitrogen and oxygen atoms in total. The molecule has 0 unspecified atom stereocenters. The van der Waals surface area contributed by atoms with Gasteiger partial charge in [-0.15, -0.1) is 0 Å². The Hall–Kier alpha value is -1.86. The zero-order chi connectivity index (χ0) is 15.7. The van der Waals surface area contributed by atoms with Gasteiger partial charge in [-0.05, 0) is 6.42 Å². The number of rotatable bonds is 10. The van der Waals surface area contributed by atoms with E-state index in [-0.39, 0.29) is 12.3 Å². The molecule has 7 heteroatoms. The minimum absolute atomic E-state index is 0.0287. The molecule has 0 saturated carbocycles. The molecule has 0 aromatic heterocycles. The van der Waals surface area contributed by atoms with Crippen molar-refractivity contribution in [2.75, 3.05) is 44.9 Å². The number of benzene rings is 1. The van der Waals surface area contributed by atoms with Gasteiger partial charge in [-0.2, -0.15) is 0 Å². The molecule has 1 rings (SSSR count). The van der Waals surface area contributed by atoms with Crippen LogP contribution < -0.4 is 9.64 Å². The van der Waals surface area contributed by atoms with E-state index in [1.807, 2.05) is 11.8 Å². The molecular weight excluding hydrogens is 276 g/mol. The topological polar surface area (TPSA) is 85.1 Å². The first-order valence-electron chi connectivity index (χ1n) is 6.89. The van der Waals surface area contributed by atoms with Crippen LogP contribution in [0.3, 0.4) is 0 Å². The van der Waals surface area contributed by atoms with Crippen LogP contribution in [0.5, 0.6) is 5.75 Å². The summed E-state index contributed by atoms with van der Waals surface area (Å²) in [5.74, 6) is 0.460. The summed E-state index contributed by atoms with van der Waals surface area (Å²) in [6, 6.07) is 4.63. The van der Waals surface area contributed by atoms with Gasteiger partial charge in [0.05, 0.1) is 30.8 Å². The molecule has 0 bridgehead atoms. The van der Waals surface area contributed by atoms with Gasteiger partial charge >= 0.3 is 0 Å². The average Bonchev–Trinajstić information content (AvgIpc) is 2.49. The van der Waals surface area contributed by atoms with Crippen LogP contribution in [0.4, 0.5) is 11.4 Å². The highest BCUT2D eigenvalue weighted by Gasteiger charge is 2.15. The fraction of sp³-hybridized carbons (Fsp3) is 0.571. The normalized spacial score (nSPS) is 10.4. The molecule has 0 amide bonds. The molecule has 118 valence electrons. The molecule has 0 saturated heterocycles. The molecular formula is C14H22N2O5. The molecule has 0 heterocycles. The number of hydrogen-bond acceptors (Lipinski definition) is 6. The Kier molecular flexibility index (Phi) is 7.49. The Morgan fingerprint density at radius 2 is 2.05 bits per heavy atom. The van der Waals surface area contributed by atoms with E-state index in [1.54, 1.807) is 13.2 Å². The molecule has 0 aliphatic carbocycles. The molecule has 21 heavy (non-hydrogen) atoms. The van der Waals surface area contributed by atoms with Gasteiger partial charge in [0, 0.05) is 38.0 Å². The number of aliphatic hydroxyl groups excluding tert-OH is 1. The first kappa shape index (κ1) is 17.2. The lowest BCUT2D eigenvalue weighted by Crippen LogP contribution is -2.30. The maximum absolute atomic E-state index is 11.0. The van der Waals surface area contributed by atoms with Crippen molar-refractivity contribution in [2.24, 2.45) is 0 Å². The summed E-state index contributed by atoms with van der Waals surface area (Å²) in [5, 5.41) is 20.2. The molecule has 0 radical (unpaired) electrons. The molecule has 1 N–H and O–H groups in total. The number of nitro groups is 1. The van der Waals surface area contributed by atoms with Crippen LogP contribution in [-0.2, 0) is 4.74 Å². The third kappa shape index (κ3) is 5.57. The summed E-state index contributed by atoms with van der Waals surface area (Å²) in [7, 11) is 1.58. The molecule has 0 aliphatic rings. The van der Waals surface area contributed by atoms with E-state index < -0.39 is 4.92 Å². The number of methoxy groups -OCH3 is 1. The van der Waals surface area contributed by atoms with Gasteiger partial charge in [0.2, 0.25) is 0 Å². The summed E-state index contributed by atoms with van der Waals surface area (Å²) < 4.78 is 10.5. The number of nitro benzene ring substituents is 1. The maximum Gasteiger partial charge on any atom is 0.275 e. The minimum Gasteiger partial charge on any atom is -0.493 e. The largest absolute Gasteiger partial charge is 0.493 e. The fourth-order valence-electron chi connectivity index (χ4n) is 1.85. The zero-order valence-corrected chi connectivity index (χ0v) is 12.4. The maximum atomic E-state index is 11.0. The number of aliphatic hydroxyl groups is 1. The van der Waals surface area contributed by atoms with Crippen LogP contribution in [0.1, 0.15) is 13.3 Å². The molecule has 0 fully saturated rings. The van der Waals surface area contributed by atoms with E-state index in [0.717, 1.165) is 6.42 Å². The Labute approximate surface area is 124 Å². The number of nitrogens with zero attached hydrogens (tertiary/aromatic N) is 2. The van der Waals surface area contributed by atoms with Crippen molar-refractivity contribution < 1.29 is 19.5 Å². The van der Waals surface area contributed by atoms with Crippen LogP contribution in [0.2, 0.25) is 0 Å². The number of anilines is 1. The van der Waals surface area contributed by atoms with Crippen molar-refractivity contribution in [2.45, 2.75) is 13.3 Å². The predicted molar refractivity (Wildman–Crippen MR) is 80.1 cm³/mol. The second-order valence-corrected chi connectivity index (χ2v) is 4.49. The second-order valence-electron chi connectivity index (χ2n) is 4.49. The Bertz CT molecular complexity index is 453. The van der Waals surface area contributed by atoms with Crippen LogP contribution >= 0.6 is 0 Å². The number of non-ortho nitro benzene ring substituents is 1. The molecule has 0 aliphatic heterocycles. The highest BCUT2D eigenvalue weighted by atomic mass is 16.6. The van der Waals surface area contributed by atoms with Gasteiger partial charge in [-0.1, -0.05) is 6.92 Å². The summed E-state index contributed by atoms with van der Waals surface area (Å²) in [4.78, 5) is 12.4. The van der Waals surface area contributed by atoms with E-state index in [2.05, 4.69) is 0 Å². The van der Waals surface area contributed by atoms with Crippen molar-refractivity contribution >= 4 is 11.4 Å². The average molecular weight is 298 g/mol. The molecule has 1 aromatic carbocycles. The SMILES string of the molecule is CCCOc1cc(N(CCO)CCOC)cc([N+](=O)[O-])c1. The van der Waals surface area contributed by atoms with Crippen molar-refractivity contribution in [3.63, 3.8) is 0 Å². The predicted octanol–water partition coefficient (Wildman–Crippen LogP) is 1.83. The van der Waals surface area contributed by atoms with Gasteiger partial charge < -0.3 is 19.5 Å². The summed E-state index contributed by atoms with van der Waals surface area (Å²) in [5.41, 5.74) is 0.611. The molecule has 1 aromatic rings. The lowest BCUT2D eigenvalue weighted by Gasteiger charge is -2.24. The van der Waals surface area contributed by atoms with E-state index in [9.17, 15) is 10.1 Å². The summed E-state index contributed by atoms with van der Waals surface area (Å²) in [6.07, 6.45) is 0.821. The minimum atomic E-state index is -0.449. The van der Waals surface area contributed by atoms with Crippen molar-refractivity contribution in [3.8, 4) is 5.75 Å².